The van der Waals surface area contributed by atoms with Crippen LogP contribution in [0.25, 0.3) is 0 Å². The first-order valence-corrected chi connectivity index (χ1v) is 14.9. The van der Waals surface area contributed by atoms with E-state index in [1.165, 1.54) is 0 Å². The monoisotopic (exact) mass is 589 g/mol. The van der Waals surface area contributed by atoms with E-state index in [0.29, 0.717) is 24.2 Å². The fourth-order valence-electron chi connectivity index (χ4n) is 7.40. The molecule has 0 aromatic heterocycles. The summed E-state index contributed by atoms with van der Waals surface area (Å²) in [7, 11) is 2.05. The van der Waals surface area contributed by atoms with Crippen LogP contribution in [0.2, 0.25) is 0 Å². The highest BCUT2D eigenvalue weighted by atomic mass is 16.6. The summed E-state index contributed by atoms with van der Waals surface area (Å²) in [6.07, 6.45) is 1.05. The average Bonchev–Trinajstić information content (AvgIpc) is 3.31. The Morgan fingerprint density at radius 1 is 1.09 bits per heavy atom. The molecule has 9 nitrogen and oxygen atoms in total. The number of nitrogens with zero attached hydrogens (tertiary/aromatic N) is 1. The minimum atomic E-state index is -1.26. The third-order valence-electron chi connectivity index (χ3n) is 9.31. The van der Waals surface area contributed by atoms with Gasteiger partial charge in [-0.15, -0.1) is 0 Å². The molecule has 4 aliphatic rings. The first-order valence-electron chi connectivity index (χ1n) is 14.9. The number of likely N-dealkylation sites (tertiary alicyclic amines) is 1. The summed E-state index contributed by atoms with van der Waals surface area (Å²) in [5.74, 6) is -0.894. The van der Waals surface area contributed by atoms with Gasteiger partial charge in [0, 0.05) is 23.6 Å². The molecule has 5 atom stereocenters. The van der Waals surface area contributed by atoms with E-state index >= 15 is 0 Å². The first-order chi connectivity index (χ1) is 20.3. The van der Waals surface area contributed by atoms with Crippen LogP contribution in [0, 0.1) is 6.92 Å². The van der Waals surface area contributed by atoms with E-state index in [1.54, 1.807) is 57.2 Å². The molecular formula is C34H39NO8. The molecule has 1 spiro atoms. The van der Waals surface area contributed by atoms with E-state index in [1.807, 2.05) is 20.0 Å². The molecule has 2 aromatic rings. The van der Waals surface area contributed by atoms with Gasteiger partial charge >= 0.3 is 17.9 Å². The summed E-state index contributed by atoms with van der Waals surface area (Å²) in [5.41, 5.74) is 1.11. The Balaban J connectivity index is 1.17. The molecular weight excluding hydrogens is 550 g/mol. The molecule has 2 aromatic carbocycles. The van der Waals surface area contributed by atoms with Crippen molar-refractivity contribution in [2.75, 3.05) is 13.6 Å². The zero-order valence-corrected chi connectivity index (χ0v) is 25.3. The van der Waals surface area contributed by atoms with Gasteiger partial charge in [-0.05, 0) is 71.3 Å². The van der Waals surface area contributed by atoms with Crippen LogP contribution in [0.15, 0.2) is 54.3 Å². The van der Waals surface area contributed by atoms with E-state index < -0.39 is 46.7 Å². The Morgan fingerprint density at radius 2 is 1.81 bits per heavy atom. The maximum Gasteiger partial charge on any atom is 0.352 e. The quantitative estimate of drug-likeness (QED) is 0.375. The summed E-state index contributed by atoms with van der Waals surface area (Å²) >= 11 is 0. The Morgan fingerprint density at radius 3 is 2.53 bits per heavy atom. The van der Waals surface area contributed by atoms with Crippen molar-refractivity contribution in [3.05, 3.63) is 76.6 Å². The van der Waals surface area contributed by atoms with Crippen LogP contribution in [-0.4, -0.2) is 64.9 Å². The predicted molar refractivity (Wildman–Crippen MR) is 156 cm³/mol. The van der Waals surface area contributed by atoms with E-state index in [0.717, 1.165) is 35.4 Å². The highest BCUT2D eigenvalue weighted by Crippen LogP contribution is 2.64. The second-order valence-corrected chi connectivity index (χ2v) is 13.2. The van der Waals surface area contributed by atoms with Crippen molar-refractivity contribution in [2.45, 2.75) is 94.7 Å². The number of piperidine rings is 1. The van der Waals surface area contributed by atoms with Crippen LogP contribution in [0.3, 0.4) is 0 Å². The zero-order chi connectivity index (χ0) is 30.7. The first kappa shape index (κ1) is 29.4. The molecule has 1 N–H and O–H groups in total. The molecule has 2 aliphatic carbocycles. The lowest BCUT2D eigenvalue weighted by atomic mass is 9.50. The molecule has 1 fully saturated rings. The Hall–Kier alpha value is -3.69. The van der Waals surface area contributed by atoms with E-state index in [4.69, 9.17) is 18.9 Å². The summed E-state index contributed by atoms with van der Waals surface area (Å²) in [4.78, 5) is 41.0. The van der Waals surface area contributed by atoms with Crippen molar-refractivity contribution < 1.29 is 38.4 Å². The number of aliphatic hydroxyl groups is 1. The number of hydrogen-bond acceptors (Lipinski definition) is 9. The summed E-state index contributed by atoms with van der Waals surface area (Å²) in [6.45, 7) is 7.98. The molecule has 43 heavy (non-hydrogen) atoms. The highest BCUT2D eigenvalue weighted by molar-refractivity contribution is 5.83. The third kappa shape index (κ3) is 4.83. The largest absolute Gasteiger partial charge is 0.481 e. The van der Waals surface area contributed by atoms with Gasteiger partial charge in [0.05, 0.1) is 23.9 Å². The van der Waals surface area contributed by atoms with Gasteiger partial charge in [-0.25, -0.2) is 4.79 Å². The third-order valence-corrected chi connectivity index (χ3v) is 9.31. The fraction of sp³-hybridized carbons (Fsp3) is 0.500. The van der Waals surface area contributed by atoms with Crippen LogP contribution in [-0.2, 0) is 40.4 Å². The summed E-state index contributed by atoms with van der Waals surface area (Å²) < 4.78 is 23.4. The lowest BCUT2D eigenvalue weighted by molar-refractivity contribution is -0.177. The van der Waals surface area contributed by atoms with E-state index in [-0.39, 0.29) is 18.9 Å². The van der Waals surface area contributed by atoms with Gasteiger partial charge in [0.2, 0.25) is 6.10 Å². The molecule has 0 unspecified atom stereocenters. The number of hydrogen-bond donors (Lipinski definition) is 1. The summed E-state index contributed by atoms with van der Waals surface area (Å²) in [6, 6.07) is 12.7. The minimum Gasteiger partial charge on any atom is -0.481 e. The number of ether oxygens (including phenoxy) is 4. The van der Waals surface area contributed by atoms with Gasteiger partial charge in [-0.1, -0.05) is 42.5 Å². The van der Waals surface area contributed by atoms with Crippen molar-refractivity contribution in [3.63, 3.8) is 0 Å². The van der Waals surface area contributed by atoms with E-state index in [2.05, 4.69) is 11.0 Å². The molecule has 228 valence electrons. The lowest BCUT2D eigenvalue weighted by Gasteiger charge is -2.61. The Labute approximate surface area is 251 Å². The predicted octanol–water partition coefficient (Wildman–Crippen LogP) is 4.22. The van der Waals surface area contributed by atoms with Gasteiger partial charge in [0.25, 0.3) is 0 Å². The maximum absolute atomic E-state index is 13.1. The molecule has 0 saturated carbocycles. The summed E-state index contributed by atoms with van der Waals surface area (Å²) in [5, 5.41) is 12.3. The molecule has 1 saturated heterocycles. The topological polar surface area (TPSA) is 112 Å². The second kappa shape index (κ2) is 10.5. The number of benzene rings is 2. The minimum absolute atomic E-state index is 0.0840. The molecule has 2 heterocycles. The van der Waals surface area contributed by atoms with Gasteiger partial charge in [-0.2, -0.15) is 0 Å². The molecule has 6 rings (SSSR count). The van der Waals surface area contributed by atoms with Gasteiger partial charge in [0.15, 0.2) is 6.10 Å². The number of likely N-dealkylation sites (N-methyl/N-ethyl adjacent to an activating group) is 1. The van der Waals surface area contributed by atoms with Crippen molar-refractivity contribution in [3.8, 4) is 5.75 Å². The molecule has 9 heteroatoms. The highest BCUT2D eigenvalue weighted by Gasteiger charge is 2.71. The maximum atomic E-state index is 13.1. The Bertz CT molecular complexity index is 1490. The van der Waals surface area contributed by atoms with Gasteiger partial charge in [-0.3, -0.25) is 9.59 Å². The molecule has 0 radical (unpaired) electrons. The number of rotatable bonds is 7. The van der Waals surface area contributed by atoms with Crippen LogP contribution in [0.1, 0.15) is 74.8 Å². The molecule has 0 amide bonds. The van der Waals surface area contributed by atoms with Crippen LogP contribution < -0.4 is 4.74 Å². The van der Waals surface area contributed by atoms with Gasteiger partial charge in [0.1, 0.15) is 17.1 Å². The molecule has 2 aliphatic heterocycles. The van der Waals surface area contributed by atoms with Crippen LogP contribution in [0.5, 0.6) is 5.75 Å². The van der Waals surface area contributed by atoms with Crippen molar-refractivity contribution in [2.24, 2.45) is 0 Å². The van der Waals surface area contributed by atoms with Crippen molar-refractivity contribution in [1.29, 1.82) is 0 Å². The van der Waals surface area contributed by atoms with Crippen LogP contribution >= 0.6 is 0 Å². The number of carbonyl (C=O) groups excluding carboxylic acids is 3. The lowest BCUT2D eigenvalue weighted by Crippen LogP contribution is -2.74. The van der Waals surface area contributed by atoms with Gasteiger partial charge < -0.3 is 29.0 Å². The smallest absolute Gasteiger partial charge is 0.352 e. The Kier molecular flexibility index (Phi) is 7.17. The zero-order valence-electron chi connectivity index (χ0n) is 25.3. The number of esters is 3. The average molecular weight is 590 g/mol. The fourth-order valence-corrected chi connectivity index (χ4v) is 7.40. The molecule has 2 bridgehead atoms. The standard InChI is InChI=1S/C34H39NO8/c1-20-11-12-22-19-24-34(39)16-15-23(30-33(34,17-18-35(24)5)27(22)28(20)42-30)40-25(36)13-14-26(37)41-29(21-9-7-6-8-10-21)31(38)43-32(2,3)4/h6-12,15,24,29-30,39H,13-14,16-19H2,1-5H3/t24-,29+,30+,33+,34-/m1/s1. The SMILES string of the molecule is Cc1ccc2c3c1O[C@H]1C(OC(=O)CCC(=O)O[C@H](C(=O)OC(C)(C)C)c4ccccc4)=CC[C@@]4(O)[C@@H](C2)N(C)CC[C@]314. The number of carbonyl (C=O) groups is 3. The van der Waals surface area contributed by atoms with E-state index in [9.17, 15) is 19.5 Å². The van der Waals surface area contributed by atoms with Crippen molar-refractivity contribution in [1.82, 2.24) is 4.90 Å². The second-order valence-electron chi connectivity index (χ2n) is 13.2. The normalized spacial score (nSPS) is 27.7. The number of aryl methyl sites for hydroxylation is 1. The van der Waals surface area contributed by atoms with Crippen molar-refractivity contribution >= 4 is 17.9 Å². The van der Waals surface area contributed by atoms with Crippen LogP contribution in [0.4, 0.5) is 0 Å².